The Morgan fingerprint density at radius 3 is 0.960 bits per heavy atom. The van der Waals surface area contributed by atoms with Crippen molar-refractivity contribution in [1.29, 1.82) is 0 Å². The van der Waals surface area contributed by atoms with E-state index in [0.717, 1.165) is 0 Å². The maximum atomic E-state index is 10.8. The lowest BCUT2D eigenvalue weighted by Gasteiger charge is -2.24. The van der Waals surface area contributed by atoms with Gasteiger partial charge in [-0.25, -0.2) is 0 Å². The largest absolute Gasteiger partial charge is 0.890 e. The molecule has 0 saturated heterocycles. The van der Waals surface area contributed by atoms with Crippen LogP contribution in [0, 0.1) is 0 Å². The SMILES string of the molecule is F.F.O[Si](Oc1ccccc1)(Oc1ccccc1)Oc1ccccc1. The van der Waals surface area contributed by atoms with E-state index in [2.05, 4.69) is 0 Å². The van der Waals surface area contributed by atoms with Crippen LogP contribution < -0.4 is 13.3 Å². The lowest BCUT2D eigenvalue weighted by atomic mass is 10.3. The molecule has 0 bridgehead atoms. The van der Waals surface area contributed by atoms with E-state index in [1.807, 2.05) is 54.6 Å². The number of benzene rings is 3. The molecule has 3 rings (SSSR count). The van der Waals surface area contributed by atoms with E-state index in [0.29, 0.717) is 17.2 Å². The second kappa shape index (κ2) is 9.41. The van der Waals surface area contributed by atoms with Gasteiger partial charge >= 0.3 is 9.05 Å². The molecule has 0 atom stereocenters. The van der Waals surface area contributed by atoms with Crippen LogP contribution in [0.5, 0.6) is 17.2 Å². The summed E-state index contributed by atoms with van der Waals surface area (Å²) >= 11 is 0. The highest BCUT2D eigenvalue weighted by molar-refractivity contribution is 6.54. The first kappa shape index (κ1) is 20.1. The van der Waals surface area contributed by atoms with Gasteiger partial charge in [0.15, 0.2) is 0 Å². The number of para-hydroxylation sites is 3. The Hall–Kier alpha value is -2.90. The molecule has 132 valence electrons. The molecule has 25 heavy (non-hydrogen) atoms. The molecule has 0 unspecified atom stereocenters. The molecule has 0 aliphatic rings. The van der Waals surface area contributed by atoms with E-state index in [9.17, 15) is 4.80 Å². The molecule has 0 aromatic heterocycles. The van der Waals surface area contributed by atoms with Gasteiger partial charge in [0.1, 0.15) is 17.2 Å². The van der Waals surface area contributed by atoms with E-state index in [-0.39, 0.29) is 9.41 Å². The van der Waals surface area contributed by atoms with Gasteiger partial charge in [0.05, 0.1) is 0 Å². The monoisotopic (exact) mass is 364 g/mol. The van der Waals surface area contributed by atoms with Gasteiger partial charge in [0.2, 0.25) is 0 Å². The highest BCUT2D eigenvalue weighted by Crippen LogP contribution is 2.22. The smallest absolute Gasteiger partial charge is 0.462 e. The molecule has 3 aromatic carbocycles. The second-order valence-corrected chi connectivity index (χ2v) is 6.43. The van der Waals surface area contributed by atoms with Crippen molar-refractivity contribution in [3.05, 3.63) is 91.0 Å². The summed E-state index contributed by atoms with van der Waals surface area (Å²) in [5.74, 6) is 1.44. The zero-order valence-electron chi connectivity index (χ0n) is 13.1. The van der Waals surface area contributed by atoms with Crippen molar-refractivity contribution >= 4 is 9.05 Å². The van der Waals surface area contributed by atoms with Gasteiger partial charge in [0, 0.05) is 0 Å². The lowest BCUT2D eigenvalue weighted by Crippen LogP contribution is -2.55. The van der Waals surface area contributed by atoms with Crippen molar-refractivity contribution in [3.8, 4) is 17.2 Å². The molecule has 0 amide bonds. The normalized spacial score (nSPS) is 9.96. The standard InChI is InChI=1S/C18H16O4Si.2FH/c19-23(20-16-10-4-1-5-11-16,21-17-12-6-2-7-13-17)22-18-14-8-3-9-15-18;;/h1-15,19H;2*1H. The summed E-state index contributed by atoms with van der Waals surface area (Å²) in [5.41, 5.74) is 0. The summed E-state index contributed by atoms with van der Waals surface area (Å²) in [6, 6.07) is 26.9. The van der Waals surface area contributed by atoms with Crippen LogP contribution in [-0.2, 0) is 0 Å². The van der Waals surface area contributed by atoms with E-state index in [4.69, 9.17) is 13.3 Å². The molecule has 0 spiro atoms. The summed E-state index contributed by atoms with van der Waals surface area (Å²) in [5, 5.41) is 0. The zero-order chi connectivity index (χ0) is 16.0. The predicted octanol–water partition coefficient (Wildman–Crippen LogP) is 3.96. The van der Waals surface area contributed by atoms with Gasteiger partial charge in [-0.05, 0) is 36.4 Å². The van der Waals surface area contributed by atoms with Crippen LogP contribution in [0.4, 0.5) is 9.41 Å². The van der Waals surface area contributed by atoms with Crippen molar-refractivity contribution in [3.63, 3.8) is 0 Å². The van der Waals surface area contributed by atoms with E-state index in [1.54, 1.807) is 36.4 Å². The van der Waals surface area contributed by atoms with Crippen LogP contribution in [0.2, 0.25) is 0 Å². The van der Waals surface area contributed by atoms with Crippen molar-refractivity contribution < 1.29 is 27.5 Å². The summed E-state index contributed by atoms with van der Waals surface area (Å²) < 4.78 is 17.0. The number of hydrogen-bond donors (Lipinski definition) is 1. The lowest BCUT2D eigenvalue weighted by molar-refractivity contribution is 0.150. The minimum Gasteiger partial charge on any atom is -0.462 e. The van der Waals surface area contributed by atoms with Gasteiger partial charge in [0.25, 0.3) is 0 Å². The Morgan fingerprint density at radius 1 is 0.480 bits per heavy atom. The van der Waals surface area contributed by atoms with Gasteiger partial charge < -0.3 is 18.1 Å². The zero-order valence-corrected chi connectivity index (χ0v) is 14.1. The van der Waals surface area contributed by atoms with Crippen LogP contribution in [-0.4, -0.2) is 13.8 Å². The average Bonchev–Trinajstić information content (AvgIpc) is 2.57. The van der Waals surface area contributed by atoms with Crippen molar-refractivity contribution in [1.82, 2.24) is 0 Å². The number of halogens is 2. The van der Waals surface area contributed by atoms with Gasteiger partial charge in [-0.3, -0.25) is 9.41 Å². The third-order valence-corrected chi connectivity index (χ3v) is 4.45. The third kappa shape index (κ3) is 5.90. The van der Waals surface area contributed by atoms with Crippen LogP contribution in [0.15, 0.2) is 91.0 Å². The first-order valence-corrected chi connectivity index (χ1v) is 8.85. The first-order chi connectivity index (χ1) is 11.2. The van der Waals surface area contributed by atoms with Crippen molar-refractivity contribution in [2.45, 2.75) is 0 Å². The molecule has 0 fully saturated rings. The van der Waals surface area contributed by atoms with E-state index >= 15 is 0 Å². The maximum absolute atomic E-state index is 10.8. The first-order valence-electron chi connectivity index (χ1n) is 7.18. The Balaban J connectivity index is 0.00000156. The van der Waals surface area contributed by atoms with Crippen LogP contribution >= 0.6 is 0 Å². The molecule has 0 heterocycles. The minimum absolute atomic E-state index is 0. The van der Waals surface area contributed by atoms with Crippen molar-refractivity contribution in [2.75, 3.05) is 0 Å². The van der Waals surface area contributed by atoms with Gasteiger partial charge in [-0.2, -0.15) is 0 Å². The summed E-state index contributed by atoms with van der Waals surface area (Å²) in [4.78, 5) is 10.8. The maximum Gasteiger partial charge on any atom is 0.890 e. The quantitative estimate of drug-likeness (QED) is 0.673. The molecule has 7 heteroatoms. The van der Waals surface area contributed by atoms with E-state index in [1.165, 1.54) is 0 Å². The van der Waals surface area contributed by atoms with Gasteiger partial charge in [-0.1, -0.05) is 54.6 Å². The van der Waals surface area contributed by atoms with Crippen LogP contribution in [0.3, 0.4) is 0 Å². The average molecular weight is 364 g/mol. The molecule has 0 aliphatic heterocycles. The molecule has 0 radical (unpaired) electrons. The molecular weight excluding hydrogens is 346 g/mol. The predicted molar refractivity (Wildman–Crippen MR) is 94.2 cm³/mol. The van der Waals surface area contributed by atoms with Crippen molar-refractivity contribution in [2.24, 2.45) is 0 Å². The summed E-state index contributed by atoms with van der Waals surface area (Å²) in [6.07, 6.45) is 0. The highest BCUT2D eigenvalue weighted by atomic mass is 28.4. The Kier molecular flexibility index (Phi) is 7.58. The molecule has 4 nitrogen and oxygen atoms in total. The highest BCUT2D eigenvalue weighted by Gasteiger charge is 2.50. The third-order valence-electron chi connectivity index (χ3n) is 2.97. The molecule has 3 aromatic rings. The Labute approximate surface area is 145 Å². The summed E-state index contributed by atoms with van der Waals surface area (Å²) in [6.45, 7) is 0. The molecular formula is C18H18F2O4Si. The Bertz CT molecular complexity index is 628. The minimum atomic E-state index is -3.97. The molecule has 1 N–H and O–H groups in total. The molecule has 0 saturated carbocycles. The topological polar surface area (TPSA) is 47.9 Å². The fourth-order valence-electron chi connectivity index (χ4n) is 1.97. The van der Waals surface area contributed by atoms with Crippen LogP contribution in [0.1, 0.15) is 0 Å². The van der Waals surface area contributed by atoms with Gasteiger partial charge in [-0.15, -0.1) is 0 Å². The fraction of sp³-hybridized carbons (Fsp3) is 0. The van der Waals surface area contributed by atoms with E-state index < -0.39 is 9.05 Å². The number of hydrogen-bond acceptors (Lipinski definition) is 4. The molecule has 0 aliphatic carbocycles. The van der Waals surface area contributed by atoms with Crippen LogP contribution in [0.25, 0.3) is 0 Å². The summed E-state index contributed by atoms with van der Waals surface area (Å²) in [7, 11) is -3.97. The number of rotatable bonds is 6. The second-order valence-electron chi connectivity index (χ2n) is 4.77. The fourth-order valence-corrected chi connectivity index (χ4v) is 3.40. The Morgan fingerprint density at radius 2 is 0.720 bits per heavy atom.